The predicted molar refractivity (Wildman–Crippen MR) is 81.4 cm³/mol. The Labute approximate surface area is 128 Å². The molecule has 0 aromatic heterocycles. The van der Waals surface area contributed by atoms with Gasteiger partial charge in [0.15, 0.2) is 6.61 Å². The fraction of sp³-hybridized carbons (Fsp3) is 0.176. The number of nitrogens with two attached hydrogens (primary N) is 1. The Bertz CT molecular complexity index is 682. The van der Waals surface area contributed by atoms with E-state index in [9.17, 15) is 9.59 Å². The Morgan fingerprint density at radius 3 is 2.59 bits per heavy atom. The lowest BCUT2D eigenvalue weighted by atomic mass is 10.1. The minimum Gasteiger partial charge on any atom is -0.481 e. The maximum atomic E-state index is 11.7. The average molecular weight is 299 g/mol. The first kappa shape index (κ1) is 15.6. The summed E-state index contributed by atoms with van der Waals surface area (Å²) in [6, 6.07) is 14.2. The topological polar surface area (TPSA) is 78.6 Å². The summed E-state index contributed by atoms with van der Waals surface area (Å²) in [6.45, 7) is 1.87. The number of esters is 1. The zero-order valence-corrected chi connectivity index (χ0v) is 12.2. The van der Waals surface area contributed by atoms with Gasteiger partial charge in [-0.15, -0.1) is 0 Å². The maximum absolute atomic E-state index is 11.7. The molecule has 0 radical (unpaired) electrons. The number of carbonyl (C=O) groups excluding carboxylic acids is 2. The molecule has 0 aliphatic rings. The second kappa shape index (κ2) is 7.26. The molecule has 0 fully saturated rings. The third-order valence-corrected chi connectivity index (χ3v) is 2.98. The molecule has 0 bridgehead atoms. The third-order valence-electron chi connectivity index (χ3n) is 2.98. The first-order chi connectivity index (χ1) is 10.6. The van der Waals surface area contributed by atoms with Crippen molar-refractivity contribution in [3.8, 4) is 5.75 Å². The number of para-hydroxylation sites is 1. The lowest BCUT2D eigenvalue weighted by molar-refractivity contribution is -0.147. The van der Waals surface area contributed by atoms with Gasteiger partial charge in [0.1, 0.15) is 12.4 Å². The largest absolute Gasteiger partial charge is 0.481 e. The second-order valence-corrected chi connectivity index (χ2v) is 4.80. The van der Waals surface area contributed by atoms with E-state index in [0.29, 0.717) is 0 Å². The number of amides is 1. The lowest BCUT2D eigenvalue weighted by Crippen LogP contribution is -2.18. The van der Waals surface area contributed by atoms with Crippen LogP contribution in [0.1, 0.15) is 21.5 Å². The predicted octanol–water partition coefficient (Wildman–Crippen LogP) is 2.22. The van der Waals surface area contributed by atoms with Crippen molar-refractivity contribution < 1.29 is 19.1 Å². The molecule has 0 aliphatic carbocycles. The van der Waals surface area contributed by atoms with Crippen LogP contribution in [0.15, 0.2) is 48.5 Å². The van der Waals surface area contributed by atoms with Crippen molar-refractivity contribution in [2.24, 2.45) is 5.73 Å². The summed E-state index contributed by atoms with van der Waals surface area (Å²) >= 11 is 0. The van der Waals surface area contributed by atoms with Gasteiger partial charge in [-0.25, -0.2) is 4.79 Å². The molecule has 0 spiro atoms. The first-order valence-electron chi connectivity index (χ1n) is 6.79. The maximum Gasteiger partial charge on any atom is 0.344 e. The zero-order chi connectivity index (χ0) is 15.9. The molecule has 2 aromatic carbocycles. The molecule has 0 atom stereocenters. The molecule has 2 N–H and O–H groups in total. The third kappa shape index (κ3) is 4.34. The van der Waals surface area contributed by atoms with Crippen LogP contribution in [0.2, 0.25) is 0 Å². The van der Waals surface area contributed by atoms with E-state index in [1.165, 1.54) is 6.07 Å². The Hall–Kier alpha value is -2.82. The summed E-state index contributed by atoms with van der Waals surface area (Å²) < 4.78 is 10.4. The quantitative estimate of drug-likeness (QED) is 0.829. The van der Waals surface area contributed by atoms with E-state index < -0.39 is 11.9 Å². The molecule has 5 heteroatoms. The van der Waals surface area contributed by atoms with Gasteiger partial charge < -0.3 is 15.2 Å². The number of benzene rings is 2. The number of carbonyl (C=O) groups is 2. The Balaban J connectivity index is 1.87. The molecular weight excluding hydrogens is 282 g/mol. The van der Waals surface area contributed by atoms with Crippen molar-refractivity contribution in [3.05, 3.63) is 65.2 Å². The van der Waals surface area contributed by atoms with Crippen LogP contribution in [0.25, 0.3) is 0 Å². The van der Waals surface area contributed by atoms with E-state index in [2.05, 4.69) is 0 Å². The molecule has 0 unspecified atom stereocenters. The molecule has 1 amide bonds. The van der Waals surface area contributed by atoms with Crippen LogP contribution >= 0.6 is 0 Å². The normalized spacial score (nSPS) is 10.0. The second-order valence-electron chi connectivity index (χ2n) is 4.80. The van der Waals surface area contributed by atoms with Crippen molar-refractivity contribution in [2.75, 3.05) is 6.61 Å². The average Bonchev–Trinajstić information content (AvgIpc) is 2.51. The van der Waals surface area contributed by atoms with Gasteiger partial charge in [0.05, 0.1) is 5.56 Å². The van der Waals surface area contributed by atoms with Gasteiger partial charge in [-0.3, -0.25) is 4.79 Å². The first-order valence-corrected chi connectivity index (χ1v) is 6.79. The van der Waals surface area contributed by atoms with Crippen molar-refractivity contribution >= 4 is 11.9 Å². The summed E-state index contributed by atoms with van der Waals surface area (Å²) in [5.41, 5.74) is 7.47. The molecular formula is C17H17NO4. The number of hydrogen-bond acceptors (Lipinski definition) is 4. The highest BCUT2D eigenvalue weighted by Crippen LogP contribution is 2.17. The van der Waals surface area contributed by atoms with E-state index in [-0.39, 0.29) is 24.5 Å². The molecule has 114 valence electrons. The van der Waals surface area contributed by atoms with Gasteiger partial charge in [0.25, 0.3) is 5.91 Å². The fourth-order valence-corrected chi connectivity index (χ4v) is 1.94. The van der Waals surface area contributed by atoms with Crippen LogP contribution in [0, 0.1) is 6.92 Å². The molecule has 22 heavy (non-hydrogen) atoms. The highest BCUT2D eigenvalue weighted by Gasteiger charge is 2.11. The molecule has 0 heterocycles. The standard InChI is InChI=1S/C17H17NO4/c1-12-5-4-6-13(9-12)10-22-16(19)11-21-15-8-3-2-7-14(15)17(18)20/h2-9H,10-11H2,1H3,(H2,18,20). The van der Waals surface area contributed by atoms with E-state index in [1.54, 1.807) is 18.2 Å². The molecule has 0 saturated carbocycles. The van der Waals surface area contributed by atoms with Crippen LogP contribution in [-0.4, -0.2) is 18.5 Å². The molecule has 5 nitrogen and oxygen atoms in total. The number of primary amides is 1. The van der Waals surface area contributed by atoms with Crippen molar-refractivity contribution in [3.63, 3.8) is 0 Å². The van der Waals surface area contributed by atoms with Crippen LogP contribution < -0.4 is 10.5 Å². The summed E-state index contributed by atoms with van der Waals surface area (Å²) in [5.74, 6) is -0.855. The molecule has 0 saturated heterocycles. The Morgan fingerprint density at radius 2 is 1.86 bits per heavy atom. The van der Waals surface area contributed by atoms with Gasteiger partial charge in [-0.05, 0) is 24.6 Å². The number of hydrogen-bond donors (Lipinski definition) is 1. The van der Waals surface area contributed by atoms with Crippen molar-refractivity contribution in [1.29, 1.82) is 0 Å². The van der Waals surface area contributed by atoms with Gasteiger partial charge in [0, 0.05) is 0 Å². The summed E-state index contributed by atoms with van der Waals surface area (Å²) in [6.07, 6.45) is 0. The summed E-state index contributed by atoms with van der Waals surface area (Å²) in [5, 5.41) is 0. The van der Waals surface area contributed by atoms with Crippen molar-refractivity contribution in [1.82, 2.24) is 0 Å². The lowest BCUT2D eigenvalue weighted by Gasteiger charge is -2.09. The minimum atomic E-state index is -0.608. The van der Waals surface area contributed by atoms with Gasteiger partial charge >= 0.3 is 5.97 Å². The molecule has 2 aromatic rings. The summed E-state index contributed by atoms with van der Waals surface area (Å²) in [4.78, 5) is 22.9. The van der Waals surface area contributed by atoms with Gasteiger partial charge in [-0.1, -0.05) is 42.0 Å². The minimum absolute atomic E-state index is 0.182. The Kier molecular flexibility index (Phi) is 5.14. The fourth-order valence-electron chi connectivity index (χ4n) is 1.94. The zero-order valence-electron chi connectivity index (χ0n) is 12.2. The van der Waals surface area contributed by atoms with E-state index in [1.807, 2.05) is 31.2 Å². The number of ether oxygens (including phenoxy) is 2. The van der Waals surface area contributed by atoms with E-state index in [0.717, 1.165) is 11.1 Å². The summed E-state index contributed by atoms with van der Waals surface area (Å²) in [7, 11) is 0. The molecule has 2 rings (SSSR count). The van der Waals surface area contributed by atoms with Crippen LogP contribution in [0.5, 0.6) is 5.75 Å². The molecule has 0 aliphatic heterocycles. The Morgan fingerprint density at radius 1 is 1.09 bits per heavy atom. The number of aryl methyl sites for hydroxylation is 1. The highest BCUT2D eigenvalue weighted by atomic mass is 16.6. The number of rotatable bonds is 6. The van der Waals surface area contributed by atoms with Crippen molar-refractivity contribution in [2.45, 2.75) is 13.5 Å². The highest BCUT2D eigenvalue weighted by molar-refractivity contribution is 5.95. The monoisotopic (exact) mass is 299 g/mol. The van der Waals surface area contributed by atoms with E-state index >= 15 is 0 Å². The van der Waals surface area contributed by atoms with Crippen LogP contribution in [-0.2, 0) is 16.1 Å². The van der Waals surface area contributed by atoms with Crippen LogP contribution in [0.4, 0.5) is 0 Å². The van der Waals surface area contributed by atoms with E-state index in [4.69, 9.17) is 15.2 Å². The van der Waals surface area contributed by atoms with Crippen LogP contribution in [0.3, 0.4) is 0 Å². The SMILES string of the molecule is Cc1cccc(COC(=O)COc2ccccc2C(N)=O)c1. The van der Waals surface area contributed by atoms with Gasteiger partial charge in [-0.2, -0.15) is 0 Å². The smallest absolute Gasteiger partial charge is 0.344 e. The van der Waals surface area contributed by atoms with Gasteiger partial charge in [0.2, 0.25) is 0 Å².